The lowest BCUT2D eigenvalue weighted by Crippen LogP contribution is -2.24. The van der Waals surface area contributed by atoms with Gasteiger partial charge < -0.3 is 4.74 Å². The molecular formula is C24H23O2P. The largest absolute Gasteiger partial charge is 0.457 e. The van der Waals surface area contributed by atoms with Crippen LogP contribution in [0.3, 0.4) is 0 Å². The fourth-order valence-corrected chi connectivity index (χ4v) is 4.70. The number of esters is 1. The molecule has 0 radical (unpaired) electrons. The highest BCUT2D eigenvalue weighted by Crippen LogP contribution is 2.34. The predicted molar refractivity (Wildman–Crippen MR) is 120 cm³/mol. The van der Waals surface area contributed by atoms with E-state index in [1.165, 1.54) is 37.6 Å². The quantitative estimate of drug-likeness (QED) is 0.269. The van der Waals surface area contributed by atoms with E-state index in [0.717, 1.165) is 0 Å². The van der Waals surface area contributed by atoms with Crippen LogP contribution in [0.5, 0.6) is 0 Å². The fraction of sp³-hybridized carbons (Fsp3) is 0.167. The van der Waals surface area contributed by atoms with Gasteiger partial charge in [0.1, 0.15) is 5.60 Å². The third-order valence-electron chi connectivity index (χ3n) is 4.61. The van der Waals surface area contributed by atoms with Gasteiger partial charge in [0.15, 0.2) is 0 Å². The standard InChI is InChI=1S/C24H23O2P/c1-24(2,3)26-22(25)15-27-21-14-8-13-20-18-10-5-4-9-16(18)17-11-6-7-12-19(17)23(20)21/h4-15H,27H2,1-3H3. The highest BCUT2D eigenvalue weighted by Gasteiger charge is 2.14. The van der Waals surface area contributed by atoms with Gasteiger partial charge in [0, 0.05) is 5.80 Å². The SMILES string of the molecule is CC(C)(C)OC(=O)/C=[PH2]/c1cccc2c3ccccc3c3ccccc3c12. The van der Waals surface area contributed by atoms with E-state index in [-0.39, 0.29) is 14.2 Å². The van der Waals surface area contributed by atoms with E-state index in [9.17, 15) is 4.79 Å². The molecule has 4 aromatic carbocycles. The van der Waals surface area contributed by atoms with Crippen LogP contribution in [-0.4, -0.2) is 17.4 Å². The van der Waals surface area contributed by atoms with Crippen LogP contribution in [0.25, 0.3) is 32.3 Å². The minimum atomic E-state index is -0.464. The predicted octanol–water partition coefficient (Wildman–Crippen LogP) is 5.33. The molecule has 0 aromatic heterocycles. The molecule has 0 aliphatic heterocycles. The molecule has 27 heavy (non-hydrogen) atoms. The Hall–Kier alpha value is -2.57. The lowest BCUT2D eigenvalue weighted by Gasteiger charge is -2.18. The zero-order chi connectivity index (χ0) is 19.0. The van der Waals surface area contributed by atoms with Crippen LogP contribution in [0.4, 0.5) is 0 Å². The molecule has 2 nitrogen and oxygen atoms in total. The molecular weight excluding hydrogens is 351 g/mol. The highest BCUT2D eigenvalue weighted by molar-refractivity contribution is 7.50. The minimum absolute atomic E-state index is 0.236. The number of rotatable bonds is 2. The van der Waals surface area contributed by atoms with Gasteiger partial charge in [-0.2, -0.15) is 0 Å². The van der Waals surface area contributed by atoms with Crippen molar-refractivity contribution in [2.24, 2.45) is 0 Å². The van der Waals surface area contributed by atoms with Crippen molar-refractivity contribution in [1.82, 2.24) is 0 Å². The van der Waals surface area contributed by atoms with Crippen molar-refractivity contribution in [3.63, 3.8) is 0 Å². The molecule has 4 rings (SSSR count). The van der Waals surface area contributed by atoms with E-state index in [1.54, 1.807) is 5.80 Å². The van der Waals surface area contributed by atoms with Crippen LogP contribution in [0, 0.1) is 0 Å². The van der Waals surface area contributed by atoms with E-state index in [0.29, 0.717) is 0 Å². The number of hydrogen-bond donors (Lipinski definition) is 0. The van der Waals surface area contributed by atoms with E-state index < -0.39 is 5.60 Å². The Labute approximate surface area is 160 Å². The average molecular weight is 374 g/mol. The molecule has 0 saturated heterocycles. The van der Waals surface area contributed by atoms with Gasteiger partial charge in [-0.15, -0.1) is 0 Å². The first-order valence-corrected chi connectivity index (χ1v) is 10.4. The first-order chi connectivity index (χ1) is 12.9. The van der Waals surface area contributed by atoms with Crippen LogP contribution in [0.15, 0.2) is 66.7 Å². The van der Waals surface area contributed by atoms with Gasteiger partial charge >= 0.3 is 5.97 Å². The zero-order valence-corrected chi connectivity index (χ0v) is 17.0. The third-order valence-corrected chi connectivity index (χ3v) is 5.89. The summed E-state index contributed by atoms with van der Waals surface area (Å²) in [6.07, 6.45) is 0. The number of fused-ring (bicyclic) bond motifs is 6. The van der Waals surface area contributed by atoms with Gasteiger partial charge in [-0.1, -0.05) is 74.9 Å². The fourth-order valence-electron chi connectivity index (χ4n) is 3.62. The molecule has 0 aliphatic rings. The number of ether oxygens (including phenoxy) is 1. The van der Waals surface area contributed by atoms with Gasteiger partial charge in [-0.05, 0) is 58.4 Å². The van der Waals surface area contributed by atoms with Crippen molar-refractivity contribution in [1.29, 1.82) is 0 Å². The first-order valence-electron chi connectivity index (χ1n) is 9.17. The second kappa shape index (κ2) is 6.87. The molecule has 1 unspecified atom stereocenters. The summed E-state index contributed by atoms with van der Waals surface area (Å²) in [5, 5.41) is 8.74. The number of carbonyl (C=O) groups is 1. The summed E-state index contributed by atoms with van der Waals surface area (Å²) in [6, 6.07) is 23.5. The average Bonchev–Trinajstić information content (AvgIpc) is 2.65. The smallest absolute Gasteiger partial charge is 0.331 e. The highest BCUT2D eigenvalue weighted by atomic mass is 31.1. The third kappa shape index (κ3) is 3.50. The van der Waals surface area contributed by atoms with E-state index >= 15 is 0 Å². The lowest BCUT2D eigenvalue weighted by molar-refractivity contribution is -0.145. The molecule has 0 fully saturated rings. The van der Waals surface area contributed by atoms with Crippen molar-refractivity contribution in [3.8, 4) is 0 Å². The molecule has 1 atom stereocenters. The van der Waals surface area contributed by atoms with E-state index in [2.05, 4.69) is 66.7 Å². The van der Waals surface area contributed by atoms with Gasteiger partial charge in [0.05, 0.1) is 0 Å². The second-order valence-electron chi connectivity index (χ2n) is 7.73. The van der Waals surface area contributed by atoms with Crippen molar-refractivity contribution in [2.75, 3.05) is 0 Å². The Balaban J connectivity index is 1.97. The lowest BCUT2D eigenvalue weighted by atomic mass is 9.94. The summed E-state index contributed by atoms with van der Waals surface area (Å²) in [6.45, 7) is 5.68. The Morgan fingerprint density at radius 3 is 1.81 bits per heavy atom. The van der Waals surface area contributed by atoms with Crippen LogP contribution < -0.4 is 5.30 Å². The van der Waals surface area contributed by atoms with E-state index in [1.807, 2.05) is 20.8 Å². The Kier molecular flexibility index (Phi) is 4.53. The summed E-state index contributed by atoms with van der Waals surface area (Å²) < 4.78 is 5.46. The Bertz CT molecular complexity index is 1150. The van der Waals surface area contributed by atoms with Gasteiger partial charge in [-0.25, -0.2) is 4.79 Å². The maximum Gasteiger partial charge on any atom is 0.331 e. The van der Waals surface area contributed by atoms with Crippen LogP contribution in [-0.2, 0) is 9.53 Å². The Morgan fingerprint density at radius 1 is 0.778 bits per heavy atom. The molecule has 0 spiro atoms. The summed E-state index contributed by atoms with van der Waals surface area (Å²) in [4.78, 5) is 12.2. The summed E-state index contributed by atoms with van der Waals surface area (Å²) in [7, 11) is -0.322. The van der Waals surface area contributed by atoms with Gasteiger partial charge in [0.25, 0.3) is 0 Å². The van der Waals surface area contributed by atoms with Gasteiger partial charge in [-0.3, -0.25) is 0 Å². The molecule has 0 bridgehead atoms. The minimum Gasteiger partial charge on any atom is -0.457 e. The number of benzene rings is 4. The van der Waals surface area contributed by atoms with Crippen LogP contribution >= 0.6 is 8.20 Å². The van der Waals surface area contributed by atoms with E-state index in [4.69, 9.17) is 4.74 Å². The van der Waals surface area contributed by atoms with Gasteiger partial charge in [0.2, 0.25) is 0 Å². The van der Waals surface area contributed by atoms with Crippen molar-refractivity contribution < 1.29 is 9.53 Å². The molecule has 0 aliphatic carbocycles. The van der Waals surface area contributed by atoms with Crippen molar-refractivity contribution in [2.45, 2.75) is 26.4 Å². The summed E-state index contributed by atoms with van der Waals surface area (Å²) in [5.41, 5.74) is -0.464. The zero-order valence-electron chi connectivity index (χ0n) is 15.8. The maximum atomic E-state index is 12.2. The van der Waals surface area contributed by atoms with Crippen molar-refractivity contribution in [3.05, 3.63) is 66.7 Å². The molecule has 0 N–H and O–H groups in total. The first kappa shape index (κ1) is 17.8. The Morgan fingerprint density at radius 2 is 1.26 bits per heavy atom. The molecule has 136 valence electrons. The number of hydrogen-bond acceptors (Lipinski definition) is 2. The molecule has 0 saturated carbocycles. The normalized spacial score (nSPS) is 12.6. The monoisotopic (exact) mass is 374 g/mol. The second-order valence-corrected chi connectivity index (χ2v) is 9.02. The molecule has 4 aromatic rings. The molecule has 0 amide bonds. The summed E-state index contributed by atoms with van der Waals surface area (Å²) >= 11 is 0. The van der Waals surface area contributed by atoms with Crippen molar-refractivity contribution >= 4 is 57.6 Å². The number of carbonyl (C=O) groups excluding carboxylic acids is 1. The van der Waals surface area contributed by atoms with Crippen LogP contribution in [0.1, 0.15) is 20.8 Å². The summed E-state index contributed by atoms with van der Waals surface area (Å²) in [5.74, 6) is 1.49. The molecule has 3 heteroatoms. The molecule has 0 heterocycles. The van der Waals surface area contributed by atoms with Crippen LogP contribution in [0.2, 0.25) is 0 Å². The maximum absolute atomic E-state index is 12.2. The topological polar surface area (TPSA) is 26.3 Å².